The van der Waals surface area contributed by atoms with Gasteiger partial charge in [0, 0.05) is 19.0 Å². The van der Waals surface area contributed by atoms with Crippen LogP contribution in [0.1, 0.15) is 32.3 Å². The first-order chi connectivity index (χ1) is 8.46. The van der Waals surface area contributed by atoms with Crippen LogP contribution in [0.4, 0.5) is 4.79 Å². The number of carbonyl (C=O) groups excluding carboxylic acids is 1. The van der Waals surface area contributed by atoms with Crippen molar-refractivity contribution in [3.63, 3.8) is 0 Å². The first kappa shape index (κ1) is 13.0. The zero-order valence-corrected chi connectivity index (χ0v) is 11.0. The summed E-state index contributed by atoms with van der Waals surface area (Å²) in [6, 6.07) is 1.97. The van der Waals surface area contributed by atoms with Crippen molar-refractivity contribution >= 4 is 6.09 Å². The summed E-state index contributed by atoms with van der Waals surface area (Å²) in [5.74, 6) is 0.233. The molecular weight excluding hydrogens is 232 g/mol. The number of nitrogens with one attached hydrogen (secondary N) is 2. The lowest BCUT2D eigenvalue weighted by Crippen LogP contribution is -2.42. The van der Waals surface area contributed by atoms with Gasteiger partial charge >= 0.3 is 6.09 Å². The number of alkyl carbamates (subject to hydrolysis) is 1. The number of ether oxygens (including phenoxy) is 1. The standard InChI is InChI=1S/C13H20N2O3/c1-13(2,3)18-12(16)15-11-7-14-6-10(11)9-4-5-17-8-9/h4-5,8,10-11,14H,6-7H2,1-3H3,(H,15,16)/t10-,11+/m1/s1. The molecule has 5 heteroatoms. The van der Waals surface area contributed by atoms with Gasteiger partial charge in [-0.1, -0.05) is 0 Å². The number of hydrogen-bond donors (Lipinski definition) is 2. The van der Waals surface area contributed by atoms with Crippen molar-refractivity contribution < 1.29 is 13.9 Å². The molecule has 0 spiro atoms. The number of furan rings is 1. The number of hydrogen-bond acceptors (Lipinski definition) is 4. The molecule has 2 N–H and O–H groups in total. The lowest BCUT2D eigenvalue weighted by molar-refractivity contribution is 0.0504. The molecule has 0 aliphatic carbocycles. The SMILES string of the molecule is CC(C)(C)OC(=O)N[C@H]1CNC[C@@H]1c1ccoc1. The average molecular weight is 252 g/mol. The van der Waals surface area contributed by atoms with Gasteiger partial charge in [-0.05, 0) is 32.4 Å². The Morgan fingerprint density at radius 1 is 1.50 bits per heavy atom. The van der Waals surface area contributed by atoms with Crippen LogP contribution >= 0.6 is 0 Å². The third-order valence-electron chi connectivity index (χ3n) is 2.89. The molecule has 1 amide bonds. The molecule has 1 aromatic heterocycles. The maximum absolute atomic E-state index is 11.7. The summed E-state index contributed by atoms with van der Waals surface area (Å²) in [6.45, 7) is 7.14. The Labute approximate surface area is 107 Å². The quantitative estimate of drug-likeness (QED) is 0.843. The Morgan fingerprint density at radius 3 is 2.89 bits per heavy atom. The zero-order chi connectivity index (χ0) is 13.2. The van der Waals surface area contributed by atoms with Gasteiger partial charge in [0.05, 0.1) is 18.6 Å². The fraction of sp³-hybridized carbons (Fsp3) is 0.615. The lowest BCUT2D eigenvalue weighted by Gasteiger charge is -2.23. The van der Waals surface area contributed by atoms with Crippen molar-refractivity contribution in [2.45, 2.75) is 38.3 Å². The van der Waals surface area contributed by atoms with Crippen LogP contribution in [0, 0.1) is 0 Å². The van der Waals surface area contributed by atoms with Crippen molar-refractivity contribution in [2.75, 3.05) is 13.1 Å². The largest absolute Gasteiger partial charge is 0.472 e. The van der Waals surface area contributed by atoms with Crippen LogP contribution in [0.5, 0.6) is 0 Å². The second-order valence-corrected chi connectivity index (χ2v) is 5.57. The Bertz CT molecular complexity index is 395. The van der Waals surface area contributed by atoms with E-state index in [9.17, 15) is 4.79 Å². The molecule has 18 heavy (non-hydrogen) atoms. The highest BCUT2D eigenvalue weighted by atomic mass is 16.6. The topological polar surface area (TPSA) is 63.5 Å². The van der Waals surface area contributed by atoms with Crippen LogP contribution in [-0.4, -0.2) is 30.8 Å². The van der Waals surface area contributed by atoms with Crippen LogP contribution in [-0.2, 0) is 4.74 Å². The predicted molar refractivity (Wildman–Crippen MR) is 67.5 cm³/mol. The molecule has 5 nitrogen and oxygen atoms in total. The van der Waals surface area contributed by atoms with Crippen molar-refractivity contribution in [3.8, 4) is 0 Å². The summed E-state index contributed by atoms with van der Waals surface area (Å²) in [5.41, 5.74) is 0.627. The minimum Gasteiger partial charge on any atom is -0.472 e. The summed E-state index contributed by atoms with van der Waals surface area (Å²) < 4.78 is 10.4. The highest BCUT2D eigenvalue weighted by Gasteiger charge is 2.31. The monoisotopic (exact) mass is 252 g/mol. The van der Waals surface area contributed by atoms with Crippen LogP contribution in [0.15, 0.2) is 23.0 Å². The van der Waals surface area contributed by atoms with Gasteiger partial charge in [-0.3, -0.25) is 0 Å². The maximum Gasteiger partial charge on any atom is 0.407 e. The molecule has 1 aromatic rings. The Kier molecular flexibility index (Phi) is 3.61. The molecule has 100 valence electrons. The summed E-state index contributed by atoms with van der Waals surface area (Å²) in [7, 11) is 0. The molecule has 2 rings (SSSR count). The molecule has 2 atom stereocenters. The Hall–Kier alpha value is -1.49. The lowest BCUT2D eigenvalue weighted by atomic mass is 9.97. The molecule has 0 unspecified atom stereocenters. The predicted octanol–water partition coefficient (Wildman–Crippen LogP) is 1.86. The van der Waals surface area contributed by atoms with Gasteiger partial charge in [-0.25, -0.2) is 4.79 Å². The van der Waals surface area contributed by atoms with Gasteiger partial charge in [-0.2, -0.15) is 0 Å². The van der Waals surface area contributed by atoms with Gasteiger partial charge in [-0.15, -0.1) is 0 Å². The molecule has 0 bridgehead atoms. The molecule has 0 saturated carbocycles. The van der Waals surface area contributed by atoms with Gasteiger partial charge < -0.3 is 19.8 Å². The fourth-order valence-electron chi connectivity index (χ4n) is 2.13. The van der Waals surface area contributed by atoms with E-state index in [4.69, 9.17) is 9.15 Å². The third kappa shape index (κ3) is 3.26. The van der Waals surface area contributed by atoms with Crippen molar-refractivity contribution in [3.05, 3.63) is 24.2 Å². The average Bonchev–Trinajstić information content (AvgIpc) is 2.82. The van der Waals surface area contributed by atoms with Gasteiger partial charge in [0.15, 0.2) is 0 Å². The molecule has 0 aromatic carbocycles. The number of rotatable bonds is 2. The third-order valence-corrected chi connectivity index (χ3v) is 2.89. The summed E-state index contributed by atoms with van der Waals surface area (Å²) >= 11 is 0. The van der Waals surface area contributed by atoms with Gasteiger partial charge in [0.2, 0.25) is 0 Å². The van der Waals surface area contributed by atoms with E-state index in [1.165, 1.54) is 0 Å². The second-order valence-electron chi connectivity index (χ2n) is 5.57. The molecular formula is C13H20N2O3. The normalized spacial score (nSPS) is 23.9. The van der Waals surface area contributed by atoms with Crippen molar-refractivity contribution in [1.82, 2.24) is 10.6 Å². The highest BCUT2D eigenvalue weighted by Crippen LogP contribution is 2.23. The first-order valence-corrected chi connectivity index (χ1v) is 6.18. The Morgan fingerprint density at radius 2 is 2.28 bits per heavy atom. The van der Waals surface area contributed by atoms with E-state index in [-0.39, 0.29) is 18.1 Å². The summed E-state index contributed by atoms with van der Waals surface area (Å²) in [5, 5.41) is 6.18. The van der Waals surface area contributed by atoms with E-state index in [0.717, 1.165) is 18.7 Å². The zero-order valence-electron chi connectivity index (χ0n) is 11.0. The number of amides is 1. The van der Waals surface area contributed by atoms with E-state index in [1.807, 2.05) is 26.8 Å². The summed E-state index contributed by atoms with van der Waals surface area (Å²) in [6.07, 6.45) is 3.00. The second kappa shape index (κ2) is 5.02. The van der Waals surface area contributed by atoms with E-state index in [1.54, 1.807) is 12.5 Å². The van der Waals surface area contributed by atoms with Crippen LogP contribution in [0.2, 0.25) is 0 Å². The van der Waals surface area contributed by atoms with Crippen LogP contribution in [0.25, 0.3) is 0 Å². The van der Waals surface area contributed by atoms with E-state index in [2.05, 4.69) is 10.6 Å². The minimum absolute atomic E-state index is 0.0393. The highest BCUT2D eigenvalue weighted by molar-refractivity contribution is 5.68. The maximum atomic E-state index is 11.7. The van der Waals surface area contributed by atoms with E-state index < -0.39 is 5.60 Å². The fourth-order valence-corrected chi connectivity index (χ4v) is 2.13. The molecule has 1 aliphatic heterocycles. The van der Waals surface area contributed by atoms with Crippen molar-refractivity contribution in [2.24, 2.45) is 0 Å². The molecule has 1 aliphatic rings. The Balaban J connectivity index is 1.94. The van der Waals surface area contributed by atoms with Crippen LogP contribution < -0.4 is 10.6 Å². The van der Waals surface area contributed by atoms with E-state index >= 15 is 0 Å². The molecule has 1 saturated heterocycles. The van der Waals surface area contributed by atoms with E-state index in [0.29, 0.717) is 0 Å². The van der Waals surface area contributed by atoms with Gasteiger partial charge in [0.25, 0.3) is 0 Å². The summed E-state index contributed by atoms with van der Waals surface area (Å²) in [4.78, 5) is 11.7. The number of carbonyl (C=O) groups is 1. The molecule has 2 heterocycles. The first-order valence-electron chi connectivity index (χ1n) is 6.18. The van der Waals surface area contributed by atoms with Crippen LogP contribution in [0.3, 0.4) is 0 Å². The van der Waals surface area contributed by atoms with Gasteiger partial charge in [0.1, 0.15) is 5.60 Å². The molecule has 1 fully saturated rings. The minimum atomic E-state index is -0.471. The van der Waals surface area contributed by atoms with Crippen molar-refractivity contribution in [1.29, 1.82) is 0 Å². The smallest absolute Gasteiger partial charge is 0.407 e. The molecule has 0 radical (unpaired) electrons.